The van der Waals surface area contributed by atoms with Gasteiger partial charge in [-0.1, -0.05) is 41.9 Å². The molecule has 1 heterocycles. The van der Waals surface area contributed by atoms with Crippen molar-refractivity contribution in [1.29, 1.82) is 0 Å². The van der Waals surface area contributed by atoms with Crippen LogP contribution in [0, 0.1) is 0 Å². The molecule has 4 heteroatoms. The highest BCUT2D eigenvalue weighted by Crippen LogP contribution is 2.43. The van der Waals surface area contributed by atoms with Crippen LogP contribution >= 0.6 is 11.6 Å². The molecule has 110 valence electrons. The monoisotopic (exact) mass is 303 g/mol. The van der Waals surface area contributed by atoms with Crippen LogP contribution in [0.5, 0.6) is 11.5 Å². The highest BCUT2D eigenvalue weighted by molar-refractivity contribution is 6.33. The Kier molecular flexibility index (Phi) is 3.79. The quantitative estimate of drug-likeness (QED) is 0.794. The summed E-state index contributed by atoms with van der Waals surface area (Å²) in [4.78, 5) is 2.25. The first kappa shape index (κ1) is 14.2. The zero-order valence-corrected chi connectivity index (χ0v) is 12.6. The van der Waals surface area contributed by atoms with E-state index in [1.807, 2.05) is 18.2 Å². The smallest absolute Gasteiger partial charge is 0.176 e. The fourth-order valence-electron chi connectivity index (χ4n) is 3.02. The van der Waals surface area contributed by atoms with Gasteiger partial charge in [0, 0.05) is 19.0 Å². The summed E-state index contributed by atoms with van der Waals surface area (Å²) in [6.07, 6.45) is 0.766. The molecule has 2 N–H and O–H groups in total. The Hall–Kier alpha value is -1.71. The average Bonchev–Trinajstić information content (AvgIpc) is 2.65. The molecular formula is C17H18ClNO2. The molecule has 1 atom stereocenters. The lowest BCUT2D eigenvalue weighted by Gasteiger charge is -2.22. The number of fused-ring (bicyclic) bond motifs is 1. The molecule has 2 aromatic rings. The fraction of sp³-hybridized carbons (Fsp3) is 0.294. The summed E-state index contributed by atoms with van der Waals surface area (Å²) in [5, 5.41) is 20.1. The number of rotatable bonds is 1. The summed E-state index contributed by atoms with van der Waals surface area (Å²) in [5.41, 5.74) is 3.13. The number of halogens is 1. The van der Waals surface area contributed by atoms with Gasteiger partial charge in [0.05, 0.1) is 5.02 Å². The highest BCUT2D eigenvalue weighted by atomic mass is 35.5. The Morgan fingerprint density at radius 3 is 2.62 bits per heavy atom. The summed E-state index contributed by atoms with van der Waals surface area (Å²) in [6.45, 7) is 1.73. The molecule has 1 aliphatic heterocycles. The molecule has 0 amide bonds. The van der Waals surface area contributed by atoms with Crippen molar-refractivity contribution >= 4 is 11.6 Å². The largest absolute Gasteiger partial charge is 0.504 e. The Bertz CT molecular complexity index is 658. The maximum Gasteiger partial charge on any atom is 0.176 e. The highest BCUT2D eigenvalue weighted by Gasteiger charge is 2.27. The normalized spacial score (nSPS) is 19.0. The van der Waals surface area contributed by atoms with Crippen LogP contribution in [0.15, 0.2) is 36.4 Å². The second-order valence-corrected chi connectivity index (χ2v) is 5.98. The molecule has 3 nitrogen and oxygen atoms in total. The minimum absolute atomic E-state index is 0.137. The number of nitrogens with zero attached hydrogens (tertiary/aromatic N) is 1. The zero-order valence-electron chi connectivity index (χ0n) is 11.9. The topological polar surface area (TPSA) is 43.7 Å². The van der Waals surface area contributed by atoms with E-state index in [2.05, 4.69) is 24.1 Å². The number of hydrogen-bond acceptors (Lipinski definition) is 3. The predicted octanol–water partition coefficient (Wildman–Crippen LogP) is 3.37. The van der Waals surface area contributed by atoms with Gasteiger partial charge in [0.2, 0.25) is 0 Å². The molecular weight excluding hydrogens is 286 g/mol. The van der Waals surface area contributed by atoms with Gasteiger partial charge in [0.15, 0.2) is 11.5 Å². The molecule has 21 heavy (non-hydrogen) atoms. The standard InChI is InChI=1S/C17H18ClNO2/c1-19-8-7-12-13(9-15(20)17(21)16(12)18)14(10-19)11-5-3-2-4-6-11/h2-6,9,14,20-21H,7-8,10H2,1H3/t14-/m0/s1. The molecule has 3 rings (SSSR count). The lowest BCUT2D eigenvalue weighted by Crippen LogP contribution is -2.24. The van der Waals surface area contributed by atoms with Crippen molar-refractivity contribution in [3.05, 3.63) is 58.1 Å². The molecule has 0 unspecified atom stereocenters. The molecule has 0 fully saturated rings. The van der Waals surface area contributed by atoms with E-state index in [0.717, 1.165) is 30.6 Å². The van der Waals surface area contributed by atoms with Crippen LogP contribution in [0.1, 0.15) is 22.6 Å². The van der Waals surface area contributed by atoms with Gasteiger partial charge in [-0.25, -0.2) is 0 Å². The number of hydrogen-bond donors (Lipinski definition) is 2. The molecule has 0 aliphatic carbocycles. The van der Waals surface area contributed by atoms with Crippen molar-refractivity contribution in [3.63, 3.8) is 0 Å². The molecule has 0 saturated carbocycles. The van der Waals surface area contributed by atoms with Crippen LogP contribution in [0.25, 0.3) is 0 Å². The first-order valence-corrected chi connectivity index (χ1v) is 7.42. The minimum atomic E-state index is -0.216. The fourth-order valence-corrected chi connectivity index (χ4v) is 3.32. The number of phenolic OH excluding ortho intramolecular Hbond substituents is 2. The molecule has 2 aromatic carbocycles. The molecule has 0 spiro atoms. The maximum absolute atomic E-state index is 9.93. The molecule has 0 radical (unpaired) electrons. The van der Waals surface area contributed by atoms with Crippen molar-refractivity contribution in [2.24, 2.45) is 0 Å². The lowest BCUT2D eigenvalue weighted by molar-refractivity contribution is 0.338. The van der Waals surface area contributed by atoms with E-state index < -0.39 is 0 Å². The van der Waals surface area contributed by atoms with E-state index in [1.165, 1.54) is 5.56 Å². The Balaban J connectivity index is 2.18. The Morgan fingerprint density at radius 2 is 1.90 bits per heavy atom. The van der Waals surface area contributed by atoms with Gasteiger partial charge in [0.25, 0.3) is 0 Å². The van der Waals surface area contributed by atoms with Crippen LogP contribution < -0.4 is 0 Å². The molecule has 0 saturated heterocycles. The second kappa shape index (κ2) is 5.58. The first-order chi connectivity index (χ1) is 10.1. The third kappa shape index (κ3) is 2.59. The van der Waals surface area contributed by atoms with Crippen LogP contribution in [0.4, 0.5) is 0 Å². The molecule has 0 bridgehead atoms. The number of aromatic hydroxyl groups is 2. The zero-order chi connectivity index (χ0) is 15.0. The molecule has 0 aromatic heterocycles. The van der Waals surface area contributed by atoms with E-state index in [1.54, 1.807) is 6.07 Å². The van der Waals surface area contributed by atoms with Crippen LogP contribution in [-0.4, -0.2) is 35.3 Å². The van der Waals surface area contributed by atoms with Crippen molar-refractivity contribution < 1.29 is 10.2 Å². The van der Waals surface area contributed by atoms with Crippen LogP contribution in [0.3, 0.4) is 0 Å². The third-order valence-corrected chi connectivity index (χ3v) is 4.58. The van der Waals surface area contributed by atoms with E-state index >= 15 is 0 Å². The lowest BCUT2D eigenvalue weighted by atomic mass is 9.87. The average molecular weight is 304 g/mol. The first-order valence-electron chi connectivity index (χ1n) is 7.04. The van der Waals surface area contributed by atoms with Gasteiger partial charge < -0.3 is 15.1 Å². The maximum atomic E-state index is 9.93. The summed E-state index contributed by atoms with van der Waals surface area (Å²) in [7, 11) is 2.08. The number of phenols is 2. The van der Waals surface area contributed by atoms with Gasteiger partial charge in [-0.2, -0.15) is 0 Å². The third-order valence-electron chi connectivity index (χ3n) is 4.17. The van der Waals surface area contributed by atoms with Gasteiger partial charge in [-0.3, -0.25) is 0 Å². The van der Waals surface area contributed by atoms with Gasteiger partial charge >= 0.3 is 0 Å². The van der Waals surface area contributed by atoms with E-state index in [0.29, 0.717) is 0 Å². The Morgan fingerprint density at radius 1 is 1.19 bits per heavy atom. The summed E-state index contributed by atoms with van der Waals surface area (Å²) in [5.74, 6) is -0.228. The van der Waals surface area contributed by atoms with Crippen molar-refractivity contribution in [2.75, 3.05) is 20.1 Å². The minimum Gasteiger partial charge on any atom is -0.504 e. The summed E-state index contributed by atoms with van der Waals surface area (Å²) < 4.78 is 0. The van der Waals surface area contributed by atoms with Crippen molar-refractivity contribution in [3.8, 4) is 11.5 Å². The number of likely N-dealkylation sites (N-methyl/N-ethyl adjacent to an activating group) is 1. The van der Waals surface area contributed by atoms with Crippen molar-refractivity contribution in [1.82, 2.24) is 4.90 Å². The predicted molar refractivity (Wildman–Crippen MR) is 84.3 cm³/mol. The Labute approximate surface area is 129 Å². The van der Waals surface area contributed by atoms with Gasteiger partial charge in [-0.05, 0) is 36.2 Å². The van der Waals surface area contributed by atoms with E-state index in [4.69, 9.17) is 11.6 Å². The van der Waals surface area contributed by atoms with Crippen LogP contribution in [-0.2, 0) is 6.42 Å². The van der Waals surface area contributed by atoms with Crippen LogP contribution in [0.2, 0.25) is 5.02 Å². The SMILES string of the molecule is CN1CCc2c(cc(O)c(O)c2Cl)[C@H](c2ccccc2)C1. The van der Waals surface area contributed by atoms with Gasteiger partial charge in [0.1, 0.15) is 0 Å². The van der Waals surface area contributed by atoms with Gasteiger partial charge in [-0.15, -0.1) is 0 Å². The van der Waals surface area contributed by atoms with Crippen molar-refractivity contribution in [2.45, 2.75) is 12.3 Å². The second-order valence-electron chi connectivity index (χ2n) is 5.60. The van der Waals surface area contributed by atoms with E-state index in [9.17, 15) is 10.2 Å². The summed E-state index contributed by atoms with van der Waals surface area (Å²) >= 11 is 6.26. The number of benzene rings is 2. The van der Waals surface area contributed by atoms with E-state index in [-0.39, 0.29) is 22.4 Å². The molecule has 1 aliphatic rings. The summed E-state index contributed by atoms with van der Waals surface area (Å²) in [6, 6.07) is 11.9.